The molecule has 0 atom stereocenters. The molecule has 3 aromatic rings. The molecule has 0 saturated heterocycles. The smallest absolute Gasteiger partial charge is 0.224 e. The van der Waals surface area contributed by atoms with Gasteiger partial charge in [-0.2, -0.15) is 0 Å². The third-order valence-electron chi connectivity index (χ3n) is 5.27. The molecular formula is C23H24N2O. The van der Waals surface area contributed by atoms with E-state index in [0.29, 0.717) is 12.3 Å². The Kier molecular flexibility index (Phi) is 4.70. The molecule has 1 saturated carbocycles. The standard InChI is InChI=1S/C23H24N2O/c1-16-10-12-20-18(14-16)11-13-22(24-20)19-8-4-5-9-21(19)25-23(26)15-17-6-2-3-7-17/h4-5,8-14,17H,2-3,6-7,15H2,1H3,(H,25,26). The van der Waals surface area contributed by atoms with Crippen LogP contribution in [-0.4, -0.2) is 10.9 Å². The topological polar surface area (TPSA) is 42.0 Å². The van der Waals surface area contributed by atoms with Crippen LogP contribution in [0, 0.1) is 12.8 Å². The summed E-state index contributed by atoms with van der Waals surface area (Å²) >= 11 is 0. The lowest BCUT2D eigenvalue weighted by Crippen LogP contribution is -2.15. The van der Waals surface area contributed by atoms with E-state index in [4.69, 9.17) is 4.98 Å². The first kappa shape index (κ1) is 16.8. The van der Waals surface area contributed by atoms with Gasteiger partial charge in [-0.15, -0.1) is 0 Å². The number of carbonyl (C=O) groups is 1. The highest BCUT2D eigenvalue weighted by Gasteiger charge is 2.19. The molecule has 3 heteroatoms. The third-order valence-corrected chi connectivity index (χ3v) is 5.27. The van der Waals surface area contributed by atoms with Gasteiger partial charge in [0.15, 0.2) is 0 Å². The fraction of sp³-hybridized carbons (Fsp3) is 0.304. The fourth-order valence-corrected chi connectivity index (χ4v) is 3.89. The average Bonchev–Trinajstić information content (AvgIpc) is 3.14. The highest BCUT2D eigenvalue weighted by Crippen LogP contribution is 2.30. The molecule has 1 aliphatic carbocycles. The first-order valence-corrected chi connectivity index (χ1v) is 9.46. The molecule has 1 fully saturated rings. The van der Waals surface area contributed by atoms with E-state index in [9.17, 15) is 4.79 Å². The minimum absolute atomic E-state index is 0.112. The van der Waals surface area contributed by atoms with Gasteiger partial charge in [-0.05, 0) is 49.9 Å². The Hall–Kier alpha value is -2.68. The molecule has 2 aromatic carbocycles. The van der Waals surface area contributed by atoms with Crippen molar-refractivity contribution in [1.29, 1.82) is 0 Å². The van der Waals surface area contributed by atoms with Crippen LogP contribution in [0.2, 0.25) is 0 Å². The molecule has 132 valence electrons. The van der Waals surface area contributed by atoms with E-state index >= 15 is 0 Å². The molecule has 0 radical (unpaired) electrons. The van der Waals surface area contributed by atoms with Crippen molar-refractivity contribution in [2.45, 2.75) is 39.0 Å². The summed E-state index contributed by atoms with van der Waals surface area (Å²) in [6, 6.07) is 18.3. The van der Waals surface area contributed by atoms with Crippen LogP contribution in [0.3, 0.4) is 0 Å². The minimum atomic E-state index is 0.112. The number of benzene rings is 2. The van der Waals surface area contributed by atoms with Crippen molar-refractivity contribution in [2.24, 2.45) is 5.92 Å². The van der Waals surface area contributed by atoms with Gasteiger partial charge < -0.3 is 5.32 Å². The molecular weight excluding hydrogens is 320 g/mol. The van der Waals surface area contributed by atoms with Gasteiger partial charge in [0.1, 0.15) is 0 Å². The summed E-state index contributed by atoms with van der Waals surface area (Å²) in [4.78, 5) is 17.3. The van der Waals surface area contributed by atoms with Gasteiger partial charge >= 0.3 is 0 Å². The summed E-state index contributed by atoms with van der Waals surface area (Å²) < 4.78 is 0. The lowest BCUT2D eigenvalue weighted by atomic mass is 10.0. The lowest BCUT2D eigenvalue weighted by molar-refractivity contribution is -0.117. The molecule has 1 amide bonds. The second kappa shape index (κ2) is 7.28. The SMILES string of the molecule is Cc1ccc2nc(-c3ccccc3NC(=O)CC3CCCC3)ccc2c1. The number of nitrogens with one attached hydrogen (secondary N) is 1. The van der Waals surface area contributed by atoms with Crippen molar-refractivity contribution >= 4 is 22.5 Å². The molecule has 1 aromatic heterocycles. The van der Waals surface area contributed by atoms with E-state index in [1.807, 2.05) is 30.3 Å². The van der Waals surface area contributed by atoms with Crippen molar-refractivity contribution in [3.8, 4) is 11.3 Å². The normalized spacial score (nSPS) is 14.7. The molecule has 3 nitrogen and oxygen atoms in total. The molecule has 1 N–H and O–H groups in total. The summed E-state index contributed by atoms with van der Waals surface area (Å²) in [6.45, 7) is 2.09. The summed E-state index contributed by atoms with van der Waals surface area (Å²) in [6.07, 6.45) is 5.50. The quantitative estimate of drug-likeness (QED) is 0.657. The van der Waals surface area contributed by atoms with Gasteiger partial charge in [-0.25, -0.2) is 4.98 Å². The third kappa shape index (κ3) is 3.62. The highest BCUT2D eigenvalue weighted by molar-refractivity contribution is 5.95. The molecule has 0 bridgehead atoms. The molecule has 1 aliphatic rings. The Morgan fingerprint density at radius 3 is 2.73 bits per heavy atom. The molecule has 0 aliphatic heterocycles. The number of para-hydroxylation sites is 1. The van der Waals surface area contributed by atoms with Gasteiger partial charge in [0, 0.05) is 17.4 Å². The van der Waals surface area contributed by atoms with E-state index in [1.165, 1.54) is 31.2 Å². The van der Waals surface area contributed by atoms with E-state index < -0.39 is 0 Å². The number of nitrogens with zero attached hydrogens (tertiary/aromatic N) is 1. The number of hydrogen-bond acceptors (Lipinski definition) is 2. The van der Waals surface area contributed by atoms with Gasteiger partial charge in [-0.1, -0.05) is 48.7 Å². The van der Waals surface area contributed by atoms with Crippen LogP contribution in [0.1, 0.15) is 37.7 Å². The van der Waals surface area contributed by atoms with E-state index in [1.54, 1.807) is 0 Å². The van der Waals surface area contributed by atoms with Gasteiger partial charge in [0.2, 0.25) is 5.91 Å². The van der Waals surface area contributed by atoms with Crippen molar-refractivity contribution in [2.75, 3.05) is 5.32 Å². The predicted molar refractivity (Wildman–Crippen MR) is 107 cm³/mol. The fourth-order valence-electron chi connectivity index (χ4n) is 3.89. The highest BCUT2D eigenvalue weighted by atomic mass is 16.1. The van der Waals surface area contributed by atoms with E-state index in [-0.39, 0.29) is 5.91 Å². The van der Waals surface area contributed by atoms with Crippen LogP contribution >= 0.6 is 0 Å². The van der Waals surface area contributed by atoms with E-state index in [2.05, 4.69) is 36.5 Å². The first-order valence-electron chi connectivity index (χ1n) is 9.46. The van der Waals surface area contributed by atoms with Crippen molar-refractivity contribution in [1.82, 2.24) is 4.98 Å². The molecule has 26 heavy (non-hydrogen) atoms. The summed E-state index contributed by atoms with van der Waals surface area (Å²) in [7, 11) is 0. The molecule has 1 heterocycles. The van der Waals surface area contributed by atoms with Gasteiger partial charge in [0.05, 0.1) is 16.9 Å². The number of aromatic nitrogens is 1. The van der Waals surface area contributed by atoms with Crippen LogP contribution in [0.4, 0.5) is 5.69 Å². The Morgan fingerprint density at radius 2 is 1.88 bits per heavy atom. The number of amides is 1. The second-order valence-electron chi connectivity index (χ2n) is 7.34. The molecule has 4 rings (SSSR count). The van der Waals surface area contributed by atoms with Crippen LogP contribution in [0.25, 0.3) is 22.2 Å². The second-order valence-corrected chi connectivity index (χ2v) is 7.34. The zero-order valence-electron chi connectivity index (χ0n) is 15.2. The monoisotopic (exact) mass is 344 g/mol. The van der Waals surface area contributed by atoms with Gasteiger partial charge in [-0.3, -0.25) is 4.79 Å². The van der Waals surface area contributed by atoms with Crippen LogP contribution in [-0.2, 0) is 4.79 Å². The van der Waals surface area contributed by atoms with Crippen LogP contribution < -0.4 is 5.32 Å². The first-order chi connectivity index (χ1) is 12.7. The summed E-state index contributed by atoms with van der Waals surface area (Å²) in [5.41, 5.74) is 4.90. The Labute approximate surface area is 154 Å². The maximum absolute atomic E-state index is 12.5. The lowest BCUT2D eigenvalue weighted by Gasteiger charge is -2.13. The predicted octanol–water partition coefficient (Wildman–Crippen LogP) is 5.73. The number of aryl methyl sites for hydroxylation is 1. The Morgan fingerprint density at radius 1 is 1.08 bits per heavy atom. The Balaban J connectivity index is 1.60. The number of rotatable bonds is 4. The van der Waals surface area contributed by atoms with Crippen LogP contribution in [0.5, 0.6) is 0 Å². The Bertz CT molecular complexity index is 942. The zero-order valence-corrected chi connectivity index (χ0v) is 15.2. The minimum Gasteiger partial charge on any atom is -0.325 e. The zero-order chi connectivity index (χ0) is 17.9. The van der Waals surface area contributed by atoms with Crippen molar-refractivity contribution in [3.05, 3.63) is 60.2 Å². The number of fused-ring (bicyclic) bond motifs is 1. The maximum atomic E-state index is 12.5. The maximum Gasteiger partial charge on any atom is 0.224 e. The van der Waals surface area contributed by atoms with E-state index in [0.717, 1.165) is 27.8 Å². The summed E-state index contributed by atoms with van der Waals surface area (Å²) in [5.74, 6) is 0.657. The van der Waals surface area contributed by atoms with Crippen molar-refractivity contribution < 1.29 is 4.79 Å². The summed E-state index contributed by atoms with van der Waals surface area (Å²) in [5, 5.41) is 4.25. The van der Waals surface area contributed by atoms with Crippen LogP contribution in [0.15, 0.2) is 54.6 Å². The molecule has 0 unspecified atom stereocenters. The van der Waals surface area contributed by atoms with Gasteiger partial charge in [0.25, 0.3) is 0 Å². The van der Waals surface area contributed by atoms with Crippen molar-refractivity contribution in [3.63, 3.8) is 0 Å². The molecule has 0 spiro atoms. The number of carbonyl (C=O) groups excluding carboxylic acids is 1. The number of hydrogen-bond donors (Lipinski definition) is 1. The average molecular weight is 344 g/mol. The number of pyridine rings is 1. The largest absolute Gasteiger partial charge is 0.325 e. The number of anilines is 1.